The van der Waals surface area contributed by atoms with E-state index in [-0.39, 0.29) is 70.2 Å². The minimum atomic E-state index is -1.22. The molecule has 0 spiro atoms. The summed E-state index contributed by atoms with van der Waals surface area (Å²) in [6, 6.07) is 4.35. The number of benzene rings is 1. The normalized spacial score (nSPS) is 9.89. The average Bonchev–Trinajstić information content (AvgIpc) is 2.62. The first-order chi connectivity index (χ1) is 12.6. The summed E-state index contributed by atoms with van der Waals surface area (Å²) in [5, 5.41) is 21.3. The SMILES string of the molecule is CCCCCCCCCCCCCNc1ccc(C(=O)O)c(C(=O)O)c1.[Na].[Na]. The first kappa shape index (κ1) is 30.2. The first-order valence-electron chi connectivity index (χ1n) is 9.90. The minimum Gasteiger partial charge on any atom is -0.478 e. The third-order valence-corrected chi connectivity index (χ3v) is 4.59. The second-order valence-electron chi connectivity index (χ2n) is 6.83. The molecule has 28 heavy (non-hydrogen) atoms. The van der Waals surface area contributed by atoms with Crippen LogP contribution in [0.3, 0.4) is 0 Å². The maximum Gasteiger partial charge on any atom is 0.336 e. The number of hydrogen-bond donors (Lipinski definition) is 3. The van der Waals surface area contributed by atoms with Crippen LogP contribution in [0, 0.1) is 0 Å². The maximum absolute atomic E-state index is 11.2. The Morgan fingerprint density at radius 2 is 1.21 bits per heavy atom. The molecule has 0 atom stereocenters. The Labute approximate surface area is 213 Å². The van der Waals surface area contributed by atoms with Gasteiger partial charge in [-0.15, -0.1) is 0 Å². The molecule has 0 saturated heterocycles. The number of carbonyl (C=O) groups is 2. The van der Waals surface area contributed by atoms with E-state index in [1.165, 1.54) is 69.9 Å². The van der Waals surface area contributed by atoms with Gasteiger partial charge in [0.25, 0.3) is 0 Å². The smallest absolute Gasteiger partial charge is 0.336 e. The van der Waals surface area contributed by atoms with Crippen LogP contribution in [0.25, 0.3) is 0 Å². The van der Waals surface area contributed by atoms with E-state index in [1.54, 1.807) is 6.07 Å². The third kappa shape index (κ3) is 13.2. The van der Waals surface area contributed by atoms with Crippen LogP contribution in [0.1, 0.15) is 98.3 Å². The van der Waals surface area contributed by atoms with E-state index in [0.717, 1.165) is 19.4 Å². The third-order valence-electron chi connectivity index (χ3n) is 4.59. The molecule has 0 bridgehead atoms. The van der Waals surface area contributed by atoms with Crippen LogP contribution in [0.4, 0.5) is 5.69 Å². The quantitative estimate of drug-likeness (QED) is 0.279. The molecule has 3 N–H and O–H groups in total. The molecule has 7 heteroatoms. The fourth-order valence-electron chi connectivity index (χ4n) is 3.04. The van der Waals surface area contributed by atoms with Crippen LogP contribution in [-0.2, 0) is 0 Å². The van der Waals surface area contributed by atoms with E-state index in [1.807, 2.05) is 0 Å². The molecule has 0 unspecified atom stereocenters. The van der Waals surface area contributed by atoms with Crippen molar-refractivity contribution in [2.24, 2.45) is 0 Å². The molecule has 0 amide bonds. The Balaban J connectivity index is 0. The molecule has 0 saturated carbocycles. The van der Waals surface area contributed by atoms with E-state index in [9.17, 15) is 9.59 Å². The Kier molecular flexibility index (Phi) is 20.4. The van der Waals surface area contributed by atoms with Crippen molar-refractivity contribution in [1.29, 1.82) is 0 Å². The van der Waals surface area contributed by atoms with Gasteiger partial charge in [-0.25, -0.2) is 9.59 Å². The molecular formula is C21H33NNa2O4. The Morgan fingerprint density at radius 3 is 1.68 bits per heavy atom. The van der Waals surface area contributed by atoms with Crippen molar-refractivity contribution >= 4 is 76.7 Å². The van der Waals surface area contributed by atoms with Gasteiger partial charge in [0.2, 0.25) is 0 Å². The standard InChI is InChI=1S/C21H33NO4.2Na/c1-2-3-4-5-6-7-8-9-10-11-12-15-22-17-13-14-18(20(23)24)19(16-17)21(25)26;;/h13-14,16,22H,2-12,15H2,1H3,(H,23,24)(H,25,26);;. The van der Waals surface area contributed by atoms with Crippen molar-refractivity contribution in [2.75, 3.05) is 11.9 Å². The Morgan fingerprint density at radius 1 is 0.750 bits per heavy atom. The van der Waals surface area contributed by atoms with Gasteiger partial charge in [0, 0.05) is 71.3 Å². The van der Waals surface area contributed by atoms with Gasteiger partial charge in [-0.3, -0.25) is 0 Å². The van der Waals surface area contributed by atoms with Crippen LogP contribution >= 0.6 is 0 Å². The molecule has 0 fully saturated rings. The molecule has 1 aromatic carbocycles. The molecule has 1 rings (SSSR count). The summed E-state index contributed by atoms with van der Waals surface area (Å²) in [7, 11) is 0. The molecule has 2 radical (unpaired) electrons. The van der Waals surface area contributed by atoms with Crippen molar-refractivity contribution in [3.05, 3.63) is 29.3 Å². The van der Waals surface area contributed by atoms with Crippen molar-refractivity contribution in [2.45, 2.75) is 77.6 Å². The van der Waals surface area contributed by atoms with E-state index in [4.69, 9.17) is 10.2 Å². The molecule has 0 aliphatic rings. The average molecular weight is 409 g/mol. The number of aromatic carboxylic acids is 2. The van der Waals surface area contributed by atoms with Gasteiger partial charge in [-0.2, -0.15) is 0 Å². The first-order valence-corrected chi connectivity index (χ1v) is 9.90. The second-order valence-corrected chi connectivity index (χ2v) is 6.83. The second kappa shape index (κ2) is 19.0. The molecule has 5 nitrogen and oxygen atoms in total. The van der Waals surface area contributed by atoms with Crippen LogP contribution in [0.5, 0.6) is 0 Å². The summed E-state index contributed by atoms with van der Waals surface area (Å²) in [4.78, 5) is 22.2. The summed E-state index contributed by atoms with van der Waals surface area (Å²) in [5.41, 5.74) is 0.290. The fourth-order valence-corrected chi connectivity index (χ4v) is 3.04. The van der Waals surface area contributed by atoms with Gasteiger partial charge in [0.05, 0.1) is 11.1 Å². The summed E-state index contributed by atoms with van der Waals surface area (Å²) >= 11 is 0. The van der Waals surface area contributed by atoms with Gasteiger partial charge in [-0.1, -0.05) is 71.1 Å². The fraction of sp³-hybridized carbons (Fsp3) is 0.619. The number of unbranched alkanes of at least 4 members (excludes halogenated alkanes) is 10. The largest absolute Gasteiger partial charge is 0.478 e. The van der Waals surface area contributed by atoms with Crippen LogP contribution in [0.15, 0.2) is 18.2 Å². The van der Waals surface area contributed by atoms with Crippen molar-refractivity contribution in [3.8, 4) is 0 Å². The van der Waals surface area contributed by atoms with Gasteiger partial charge in [-0.05, 0) is 24.6 Å². The van der Waals surface area contributed by atoms with E-state index < -0.39 is 11.9 Å². The summed E-state index contributed by atoms with van der Waals surface area (Å²) in [5.74, 6) is -2.44. The van der Waals surface area contributed by atoms with Gasteiger partial charge >= 0.3 is 11.9 Å². The minimum absolute atomic E-state index is 0. The number of carboxylic acids is 2. The zero-order valence-corrected chi connectivity index (χ0v) is 21.9. The predicted octanol–water partition coefficient (Wildman–Crippen LogP) is 5.04. The van der Waals surface area contributed by atoms with E-state index in [2.05, 4.69) is 12.2 Å². The maximum atomic E-state index is 11.2. The molecule has 0 aliphatic heterocycles. The number of hydrogen-bond acceptors (Lipinski definition) is 3. The molecule has 0 aliphatic carbocycles. The molecule has 148 valence electrons. The summed E-state index contributed by atoms with van der Waals surface area (Å²) in [6.07, 6.45) is 14.1. The van der Waals surface area contributed by atoms with Crippen LogP contribution < -0.4 is 5.32 Å². The van der Waals surface area contributed by atoms with Gasteiger partial charge < -0.3 is 15.5 Å². The monoisotopic (exact) mass is 409 g/mol. The molecule has 1 aromatic rings. The zero-order chi connectivity index (χ0) is 19.2. The van der Waals surface area contributed by atoms with Crippen molar-refractivity contribution in [1.82, 2.24) is 0 Å². The molecule has 0 aromatic heterocycles. The van der Waals surface area contributed by atoms with Gasteiger partial charge in [0.15, 0.2) is 0 Å². The van der Waals surface area contributed by atoms with Crippen molar-refractivity contribution < 1.29 is 19.8 Å². The summed E-state index contributed by atoms with van der Waals surface area (Å²) < 4.78 is 0. The van der Waals surface area contributed by atoms with Crippen molar-refractivity contribution in [3.63, 3.8) is 0 Å². The number of carboxylic acid groups (broad SMARTS) is 2. The van der Waals surface area contributed by atoms with Crippen LogP contribution in [-0.4, -0.2) is 87.8 Å². The Hall–Kier alpha value is -0.0400. The van der Waals surface area contributed by atoms with Crippen LogP contribution in [0.2, 0.25) is 0 Å². The van der Waals surface area contributed by atoms with Gasteiger partial charge in [0.1, 0.15) is 0 Å². The number of anilines is 1. The van der Waals surface area contributed by atoms with E-state index in [0.29, 0.717) is 5.69 Å². The summed E-state index contributed by atoms with van der Waals surface area (Å²) in [6.45, 7) is 3.01. The zero-order valence-electron chi connectivity index (χ0n) is 17.9. The predicted molar refractivity (Wildman–Crippen MR) is 117 cm³/mol. The van der Waals surface area contributed by atoms with E-state index >= 15 is 0 Å². The topological polar surface area (TPSA) is 86.6 Å². The Bertz CT molecular complexity index is 567. The molecular weight excluding hydrogens is 376 g/mol. The number of rotatable bonds is 15. The number of nitrogens with one attached hydrogen (secondary N) is 1. The molecule has 0 heterocycles.